The molecular formula is C15H20. The molecule has 0 radical (unpaired) electrons. The number of rotatable bonds is 3. The molecule has 0 atom stereocenters. The van der Waals surface area contributed by atoms with Crippen molar-refractivity contribution >= 4 is 0 Å². The van der Waals surface area contributed by atoms with Crippen LogP contribution in [0.15, 0.2) is 18.2 Å². The van der Waals surface area contributed by atoms with Gasteiger partial charge in [0.15, 0.2) is 0 Å². The van der Waals surface area contributed by atoms with Crippen molar-refractivity contribution in [3.05, 3.63) is 34.9 Å². The molecule has 0 aliphatic heterocycles. The van der Waals surface area contributed by atoms with Gasteiger partial charge in [-0.05, 0) is 60.1 Å². The van der Waals surface area contributed by atoms with Crippen LogP contribution < -0.4 is 0 Å². The molecule has 0 bridgehead atoms. The van der Waals surface area contributed by atoms with Crippen LogP contribution in [0.1, 0.15) is 74.0 Å². The maximum atomic E-state index is 2.39. The standard InChI is InChI=1S/C15H20/c1-10(2)13-4-3-5-14(11-6-7-11)15(13)12-8-9-12/h3-5,10-12H,6-9H2,1-2H3. The normalized spacial score (nSPS) is 21.0. The molecule has 1 aromatic rings. The van der Waals surface area contributed by atoms with Crippen molar-refractivity contribution in [1.82, 2.24) is 0 Å². The highest BCUT2D eigenvalue weighted by molar-refractivity contribution is 5.45. The van der Waals surface area contributed by atoms with Crippen LogP contribution in [0.3, 0.4) is 0 Å². The first kappa shape index (κ1) is 9.45. The summed E-state index contributed by atoms with van der Waals surface area (Å²) in [5.74, 6) is 2.53. The van der Waals surface area contributed by atoms with Crippen molar-refractivity contribution < 1.29 is 0 Å². The van der Waals surface area contributed by atoms with Gasteiger partial charge in [-0.25, -0.2) is 0 Å². The molecule has 0 saturated heterocycles. The SMILES string of the molecule is CC(C)c1cccc(C2CC2)c1C1CC1. The Morgan fingerprint density at radius 1 is 1.00 bits per heavy atom. The molecule has 0 spiro atoms. The van der Waals surface area contributed by atoms with Gasteiger partial charge in [0.25, 0.3) is 0 Å². The quantitative estimate of drug-likeness (QED) is 0.670. The van der Waals surface area contributed by atoms with Crippen LogP contribution in [-0.4, -0.2) is 0 Å². The molecule has 1 aromatic carbocycles. The van der Waals surface area contributed by atoms with Gasteiger partial charge in [0.2, 0.25) is 0 Å². The van der Waals surface area contributed by atoms with Gasteiger partial charge in [-0.15, -0.1) is 0 Å². The second kappa shape index (κ2) is 3.37. The third-order valence-electron chi connectivity index (χ3n) is 3.80. The Balaban J connectivity index is 2.08. The van der Waals surface area contributed by atoms with Crippen molar-refractivity contribution in [1.29, 1.82) is 0 Å². The van der Waals surface area contributed by atoms with Gasteiger partial charge < -0.3 is 0 Å². The Morgan fingerprint density at radius 3 is 2.20 bits per heavy atom. The van der Waals surface area contributed by atoms with Crippen LogP contribution in [0.2, 0.25) is 0 Å². The Labute approximate surface area is 92.7 Å². The molecule has 2 aliphatic carbocycles. The van der Waals surface area contributed by atoms with E-state index in [1.54, 1.807) is 16.7 Å². The molecule has 0 unspecified atom stereocenters. The van der Waals surface area contributed by atoms with E-state index in [9.17, 15) is 0 Å². The zero-order valence-electron chi connectivity index (χ0n) is 9.79. The van der Waals surface area contributed by atoms with Crippen LogP contribution in [-0.2, 0) is 0 Å². The molecular weight excluding hydrogens is 180 g/mol. The third-order valence-corrected chi connectivity index (χ3v) is 3.80. The van der Waals surface area contributed by atoms with E-state index in [1.807, 2.05) is 0 Å². The van der Waals surface area contributed by atoms with E-state index in [4.69, 9.17) is 0 Å². The molecule has 2 aliphatic rings. The lowest BCUT2D eigenvalue weighted by atomic mass is 9.89. The fourth-order valence-electron chi connectivity index (χ4n) is 2.70. The van der Waals surface area contributed by atoms with E-state index >= 15 is 0 Å². The van der Waals surface area contributed by atoms with Crippen LogP contribution >= 0.6 is 0 Å². The first-order valence-corrected chi connectivity index (χ1v) is 6.40. The Hall–Kier alpha value is -0.780. The summed E-state index contributed by atoms with van der Waals surface area (Å²) in [6.45, 7) is 4.66. The summed E-state index contributed by atoms with van der Waals surface area (Å²) in [7, 11) is 0. The van der Waals surface area contributed by atoms with Crippen molar-refractivity contribution in [2.75, 3.05) is 0 Å². The zero-order chi connectivity index (χ0) is 10.4. The van der Waals surface area contributed by atoms with Gasteiger partial charge in [-0.2, -0.15) is 0 Å². The lowest BCUT2D eigenvalue weighted by molar-refractivity contribution is 0.831. The molecule has 2 fully saturated rings. The average molecular weight is 200 g/mol. The van der Waals surface area contributed by atoms with Gasteiger partial charge >= 0.3 is 0 Å². The molecule has 0 N–H and O–H groups in total. The van der Waals surface area contributed by atoms with E-state index in [2.05, 4.69) is 32.0 Å². The molecule has 0 amide bonds. The minimum atomic E-state index is 0.694. The van der Waals surface area contributed by atoms with Gasteiger partial charge in [0.1, 0.15) is 0 Å². The highest BCUT2D eigenvalue weighted by Gasteiger charge is 2.34. The van der Waals surface area contributed by atoms with Crippen molar-refractivity contribution in [2.45, 2.75) is 57.3 Å². The Kier molecular flexibility index (Phi) is 2.12. The third kappa shape index (κ3) is 1.71. The topological polar surface area (TPSA) is 0 Å². The molecule has 2 saturated carbocycles. The molecule has 80 valence electrons. The predicted octanol–water partition coefficient (Wildman–Crippen LogP) is 4.56. The van der Waals surface area contributed by atoms with Crippen LogP contribution in [0, 0.1) is 0 Å². The predicted molar refractivity (Wildman–Crippen MR) is 64.5 cm³/mol. The van der Waals surface area contributed by atoms with Gasteiger partial charge in [0, 0.05) is 0 Å². The first-order chi connectivity index (χ1) is 7.27. The first-order valence-electron chi connectivity index (χ1n) is 6.40. The highest BCUT2D eigenvalue weighted by Crippen LogP contribution is 2.51. The van der Waals surface area contributed by atoms with Crippen molar-refractivity contribution in [3.8, 4) is 0 Å². The zero-order valence-corrected chi connectivity index (χ0v) is 9.79. The highest BCUT2D eigenvalue weighted by atomic mass is 14.4. The second-order valence-electron chi connectivity index (χ2n) is 5.55. The van der Waals surface area contributed by atoms with Crippen LogP contribution in [0.25, 0.3) is 0 Å². The number of hydrogen-bond acceptors (Lipinski definition) is 0. The Bertz CT molecular complexity index is 347. The summed E-state index contributed by atoms with van der Waals surface area (Å²) in [6.07, 6.45) is 5.73. The monoisotopic (exact) mass is 200 g/mol. The lowest BCUT2D eigenvalue weighted by Crippen LogP contribution is -1.99. The fourth-order valence-corrected chi connectivity index (χ4v) is 2.70. The summed E-state index contributed by atoms with van der Waals surface area (Å²) >= 11 is 0. The molecule has 3 rings (SSSR count). The average Bonchev–Trinajstić information content (AvgIpc) is 3.08. The number of hydrogen-bond donors (Lipinski definition) is 0. The summed E-state index contributed by atoms with van der Waals surface area (Å²) in [6, 6.07) is 7.01. The fraction of sp³-hybridized carbons (Fsp3) is 0.600. The minimum absolute atomic E-state index is 0.694. The van der Waals surface area contributed by atoms with Gasteiger partial charge in [0.05, 0.1) is 0 Å². The molecule has 0 nitrogen and oxygen atoms in total. The van der Waals surface area contributed by atoms with E-state index in [-0.39, 0.29) is 0 Å². The van der Waals surface area contributed by atoms with E-state index in [0.29, 0.717) is 5.92 Å². The summed E-state index contributed by atoms with van der Waals surface area (Å²) < 4.78 is 0. The molecule has 15 heavy (non-hydrogen) atoms. The molecule has 0 heterocycles. The van der Waals surface area contributed by atoms with Crippen LogP contribution in [0.5, 0.6) is 0 Å². The van der Waals surface area contributed by atoms with E-state index in [1.165, 1.54) is 25.7 Å². The van der Waals surface area contributed by atoms with Gasteiger partial charge in [-0.1, -0.05) is 32.0 Å². The van der Waals surface area contributed by atoms with E-state index < -0.39 is 0 Å². The van der Waals surface area contributed by atoms with Gasteiger partial charge in [-0.3, -0.25) is 0 Å². The summed E-state index contributed by atoms with van der Waals surface area (Å²) in [4.78, 5) is 0. The smallest absolute Gasteiger partial charge is 0.0156 e. The summed E-state index contributed by atoms with van der Waals surface area (Å²) in [5, 5.41) is 0. The molecule has 0 aromatic heterocycles. The maximum Gasteiger partial charge on any atom is -0.0156 e. The summed E-state index contributed by atoms with van der Waals surface area (Å²) in [5.41, 5.74) is 5.07. The van der Waals surface area contributed by atoms with Crippen LogP contribution in [0.4, 0.5) is 0 Å². The second-order valence-corrected chi connectivity index (χ2v) is 5.55. The number of benzene rings is 1. The lowest BCUT2D eigenvalue weighted by Gasteiger charge is -2.16. The molecule has 0 heteroatoms. The Morgan fingerprint density at radius 2 is 1.67 bits per heavy atom. The van der Waals surface area contributed by atoms with E-state index in [0.717, 1.165) is 11.8 Å². The van der Waals surface area contributed by atoms with Crippen molar-refractivity contribution in [2.24, 2.45) is 0 Å². The largest absolute Gasteiger partial charge is 0.0617 e. The van der Waals surface area contributed by atoms with Crippen molar-refractivity contribution in [3.63, 3.8) is 0 Å². The maximum absolute atomic E-state index is 2.39. The minimum Gasteiger partial charge on any atom is -0.0617 e.